The van der Waals surface area contributed by atoms with E-state index in [4.69, 9.17) is 13.6 Å². The van der Waals surface area contributed by atoms with Gasteiger partial charge < -0.3 is 18.9 Å². The van der Waals surface area contributed by atoms with E-state index in [0.717, 1.165) is 5.52 Å². The molecule has 132 valence electrons. The zero-order valence-electron chi connectivity index (χ0n) is 14.9. The number of carbonyl (C=O) groups is 1. The summed E-state index contributed by atoms with van der Waals surface area (Å²) >= 11 is 0. The summed E-state index contributed by atoms with van der Waals surface area (Å²) in [4.78, 5) is 16.6. The summed E-state index contributed by atoms with van der Waals surface area (Å²) in [5.74, 6) is 0.973. The lowest BCUT2D eigenvalue weighted by Crippen LogP contribution is -2.22. The van der Waals surface area contributed by atoms with Crippen molar-refractivity contribution in [2.45, 2.75) is 39.3 Å². The molecule has 0 saturated carbocycles. The first-order valence-electron chi connectivity index (χ1n) is 8.12. The van der Waals surface area contributed by atoms with E-state index in [-0.39, 0.29) is 23.6 Å². The number of hydrogen-bond acceptors (Lipinski definition) is 5. The number of oxazole rings is 1. The Morgan fingerprint density at radius 3 is 2.72 bits per heavy atom. The third-order valence-electron chi connectivity index (χ3n) is 3.87. The summed E-state index contributed by atoms with van der Waals surface area (Å²) in [5.41, 5.74) is 2.72. The van der Waals surface area contributed by atoms with Crippen molar-refractivity contribution in [3.63, 3.8) is 0 Å². The standard InChI is InChI=1S/C19H22N2O4/c1-19(2,3)12-5-7-15-14(9-12)21-17(25-15)10-20-18(22)16-8-6-13(24-16)11-23-4/h5-9H,10-11H2,1-4H3,(H,20,22). The van der Waals surface area contributed by atoms with Crippen LogP contribution in [0.5, 0.6) is 0 Å². The molecule has 0 aliphatic carbocycles. The Bertz CT molecular complexity index is 886. The molecule has 1 amide bonds. The highest BCUT2D eigenvalue weighted by atomic mass is 16.5. The summed E-state index contributed by atoms with van der Waals surface area (Å²) in [6.07, 6.45) is 0. The number of methoxy groups -OCH3 is 1. The van der Waals surface area contributed by atoms with Crippen LogP contribution >= 0.6 is 0 Å². The molecule has 2 heterocycles. The van der Waals surface area contributed by atoms with Gasteiger partial charge in [-0.2, -0.15) is 0 Å². The van der Waals surface area contributed by atoms with Crippen molar-refractivity contribution >= 4 is 17.0 Å². The van der Waals surface area contributed by atoms with Gasteiger partial charge in [-0.05, 0) is 35.2 Å². The van der Waals surface area contributed by atoms with Crippen LogP contribution in [0.3, 0.4) is 0 Å². The number of amides is 1. The topological polar surface area (TPSA) is 77.5 Å². The quantitative estimate of drug-likeness (QED) is 0.763. The second-order valence-corrected chi connectivity index (χ2v) is 6.92. The Balaban J connectivity index is 1.69. The maximum atomic E-state index is 12.1. The molecule has 0 aliphatic rings. The fraction of sp³-hybridized carbons (Fsp3) is 0.368. The van der Waals surface area contributed by atoms with Gasteiger partial charge in [0.1, 0.15) is 17.9 Å². The van der Waals surface area contributed by atoms with Gasteiger partial charge in [-0.1, -0.05) is 26.8 Å². The highest BCUT2D eigenvalue weighted by Gasteiger charge is 2.16. The van der Waals surface area contributed by atoms with Gasteiger partial charge in [0.2, 0.25) is 5.89 Å². The molecule has 0 unspecified atom stereocenters. The number of nitrogens with zero attached hydrogens (tertiary/aromatic N) is 1. The van der Waals surface area contributed by atoms with E-state index in [1.807, 2.05) is 18.2 Å². The van der Waals surface area contributed by atoms with Crippen LogP contribution in [0.25, 0.3) is 11.1 Å². The Labute approximate surface area is 146 Å². The van der Waals surface area contributed by atoms with Crippen LogP contribution in [0.1, 0.15) is 48.5 Å². The Morgan fingerprint density at radius 2 is 2.00 bits per heavy atom. The molecule has 3 rings (SSSR count). The van der Waals surface area contributed by atoms with Crippen LogP contribution in [0.4, 0.5) is 0 Å². The van der Waals surface area contributed by atoms with Crippen molar-refractivity contribution in [1.29, 1.82) is 0 Å². The zero-order valence-corrected chi connectivity index (χ0v) is 14.9. The van der Waals surface area contributed by atoms with Crippen LogP contribution < -0.4 is 5.32 Å². The number of ether oxygens (including phenoxy) is 1. The molecular weight excluding hydrogens is 320 g/mol. The molecule has 0 aliphatic heterocycles. The normalized spacial score (nSPS) is 11.8. The van der Waals surface area contributed by atoms with Crippen molar-refractivity contribution in [1.82, 2.24) is 10.3 Å². The summed E-state index contributed by atoms with van der Waals surface area (Å²) < 4.78 is 16.1. The second kappa shape index (κ2) is 6.72. The van der Waals surface area contributed by atoms with E-state index in [9.17, 15) is 4.79 Å². The van der Waals surface area contributed by atoms with Crippen molar-refractivity contribution in [2.24, 2.45) is 0 Å². The Morgan fingerprint density at radius 1 is 1.20 bits per heavy atom. The van der Waals surface area contributed by atoms with E-state index < -0.39 is 0 Å². The van der Waals surface area contributed by atoms with Crippen molar-refractivity contribution in [2.75, 3.05) is 7.11 Å². The zero-order chi connectivity index (χ0) is 18.0. The molecule has 2 aromatic heterocycles. The number of carbonyl (C=O) groups excluding carboxylic acids is 1. The molecule has 6 nitrogen and oxygen atoms in total. The van der Waals surface area contributed by atoms with Gasteiger partial charge in [0, 0.05) is 7.11 Å². The van der Waals surface area contributed by atoms with Gasteiger partial charge in [-0.3, -0.25) is 4.79 Å². The van der Waals surface area contributed by atoms with Crippen LogP contribution in [0.2, 0.25) is 0 Å². The molecule has 1 aromatic carbocycles. The summed E-state index contributed by atoms with van der Waals surface area (Å²) in [5, 5.41) is 2.75. The second-order valence-electron chi connectivity index (χ2n) is 6.92. The van der Waals surface area contributed by atoms with E-state index >= 15 is 0 Å². The highest BCUT2D eigenvalue weighted by Crippen LogP contribution is 2.26. The molecule has 0 bridgehead atoms. The lowest BCUT2D eigenvalue weighted by Gasteiger charge is -2.18. The first-order valence-corrected chi connectivity index (χ1v) is 8.12. The number of fused-ring (bicyclic) bond motifs is 1. The van der Waals surface area contributed by atoms with Crippen molar-refractivity contribution in [3.05, 3.63) is 53.3 Å². The minimum atomic E-state index is -0.319. The molecule has 3 aromatic rings. The maximum absolute atomic E-state index is 12.1. The van der Waals surface area contributed by atoms with Crippen LogP contribution in [0, 0.1) is 0 Å². The first-order chi connectivity index (χ1) is 11.9. The van der Waals surface area contributed by atoms with Gasteiger partial charge in [-0.15, -0.1) is 0 Å². The average molecular weight is 342 g/mol. The molecule has 0 atom stereocenters. The Hall–Kier alpha value is -2.60. The van der Waals surface area contributed by atoms with E-state index in [0.29, 0.717) is 23.8 Å². The highest BCUT2D eigenvalue weighted by molar-refractivity contribution is 5.91. The molecule has 0 spiro atoms. The fourth-order valence-electron chi connectivity index (χ4n) is 2.48. The number of hydrogen-bond donors (Lipinski definition) is 1. The number of nitrogens with one attached hydrogen (secondary N) is 1. The molecule has 0 fully saturated rings. The lowest BCUT2D eigenvalue weighted by molar-refractivity contribution is 0.0911. The smallest absolute Gasteiger partial charge is 0.287 e. The summed E-state index contributed by atoms with van der Waals surface area (Å²) in [7, 11) is 1.57. The first kappa shape index (κ1) is 17.2. The van der Waals surface area contributed by atoms with E-state index in [1.165, 1.54) is 5.56 Å². The van der Waals surface area contributed by atoms with Crippen molar-refractivity contribution < 1.29 is 18.4 Å². The number of aromatic nitrogens is 1. The molecule has 25 heavy (non-hydrogen) atoms. The molecular formula is C19H22N2O4. The van der Waals surface area contributed by atoms with Crippen LogP contribution in [0.15, 0.2) is 39.2 Å². The largest absolute Gasteiger partial charge is 0.453 e. The third-order valence-corrected chi connectivity index (χ3v) is 3.87. The molecule has 0 radical (unpaired) electrons. The Kier molecular flexibility index (Phi) is 4.63. The predicted molar refractivity (Wildman–Crippen MR) is 93.3 cm³/mol. The number of rotatable bonds is 5. The third kappa shape index (κ3) is 3.91. The molecule has 0 saturated heterocycles. The minimum absolute atomic E-state index is 0.0424. The van der Waals surface area contributed by atoms with Gasteiger partial charge in [0.15, 0.2) is 11.3 Å². The summed E-state index contributed by atoms with van der Waals surface area (Å²) in [6.45, 7) is 6.97. The van der Waals surface area contributed by atoms with Crippen LogP contribution in [-0.2, 0) is 23.3 Å². The van der Waals surface area contributed by atoms with Gasteiger partial charge in [-0.25, -0.2) is 4.98 Å². The SMILES string of the molecule is COCc1ccc(C(=O)NCc2nc3cc(C(C)(C)C)ccc3o2)o1. The van der Waals surface area contributed by atoms with Gasteiger partial charge in [0.05, 0.1) is 6.54 Å². The van der Waals surface area contributed by atoms with Crippen LogP contribution in [-0.4, -0.2) is 18.0 Å². The van der Waals surface area contributed by atoms with Gasteiger partial charge in [0.25, 0.3) is 5.91 Å². The fourth-order valence-corrected chi connectivity index (χ4v) is 2.48. The monoisotopic (exact) mass is 342 g/mol. The lowest BCUT2D eigenvalue weighted by atomic mass is 9.87. The van der Waals surface area contributed by atoms with E-state index in [2.05, 4.69) is 31.1 Å². The van der Waals surface area contributed by atoms with E-state index in [1.54, 1.807) is 19.2 Å². The number of furan rings is 1. The van der Waals surface area contributed by atoms with Crippen molar-refractivity contribution in [3.8, 4) is 0 Å². The predicted octanol–water partition coefficient (Wildman–Crippen LogP) is 3.79. The molecule has 6 heteroatoms. The van der Waals surface area contributed by atoms with Gasteiger partial charge >= 0.3 is 0 Å². The minimum Gasteiger partial charge on any atom is -0.453 e. The number of benzene rings is 1. The average Bonchev–Trinajstić information content (AvgIpc) is 3.17. The molecule has 1 N–H and O–H groups in total. The maximum Gasteiger partial charge on any atom is 0.287 e. The summed E-state index contributed by atoms with van der Waals surface area (Å²) in [6, 6.07) is 9.30.